The second-order valence-electron chi connectivity index (χ2n) is 6.81. The fourth-order valence-corrected chi connectivity index (χ4v) is 3.68. The molecule has 2 heterocycles. The molecule has 1 N–H and O–H groups in total. The Bertz CT molecular complexity index is 706. The highest BCUT2D eigenvalue weighted by Gasteiger charge is 2.24. The first-order chi connectivity index (χ1) is 12.1. The van der Waals surface area contributed by atoms with Crippen LogP contribution in [0.2, 0.25) is 0 Å². The van der Waals surface area contributed by atoms with E-state index in [2.05, 4.69) is 22.3 Å². The smallest absolute Gasteiger partial charge is 0.320 e. The van der Waals surface area contributed by atoms with Gasteiger partial charge in [0.25, 0.3) is 0 Å². The number of anilines is 1. The van der Waals surface area contributed by atoms with Gasteiger partial charge in [0.05, 0.1) is 17.8 Å². The number of hydrogen-bond donors (Lipinski definition) is 1. The molecule has 0 aliphatic heterocycles. The molecule has 0 bridgehead atoms. The lowest BCUT2D eigenvalue weighted by molar-refractivity contribution is 0.202. The Morgan fingerprint density at radius 1 is 1.44 bits per heavy atom. The number of nitrogens with zero attached hydrogens (tertiary/aromatic N) is 4. The monoisotopic (exact) mass is 341 g/mol. The number of carbonyl (C=O) groups is 1. The van der Waals surface area contributed by atoms with Gasteiger partial charge in [-0.2, -0.15) is 5.10 Å². The van der Waals surface area contributed by atoms with Crippen molar-refractivity contribution in [1.29, 1.82) is 0 Å². The number of pyridine rings is 1. The van der Waals surface area contributed by atoms with Gasteiger partial charge in [-0.1, -0.05) is 25.8 Å². The predicted molar refractivity (Wildman–Crippen MR) is 98.5 cm³/mol. The SMILES string of the molecule is CC[C@@H](c1cccnc1)N(C)C(=O)Nc1cc(C)nn1C1CCCC1. The van der Waals surface area contributed by atoms with Gasteiger partial charge in [0.2, 0.25) is 0 Å². The van der Waals surface area contributed by atoms with Crippen LogP contribution in [0.15, 0.2) is 30.6 Å². The van der Waals surface area contributed by atoms with E-state index >= 15 is 0 Å². The summed E-state index contributed by atoms with van der Waals surface area (Å²) in [4.78, 5) is 18.7. The van der Waals surface area contributed by atoms with Gasteiger partial charge in [-0.25, -0.2) is 9.48 Å². The molecule has 6 heteroatoms. The van der Waals surface area contributed by atoms with Gasteiger partial charge in [0, 0.05) is 25.5 Å². The molecule has 0 radical (unpaired) electrons. The molecule has 2 aromatic heterocycles. The molecule has 2 amide bonds. The second-order valence-corrected chi connectivity index (χ2v) is 6.81. The van der Waals surface area contributed by atoms with Crippen molar-refractivity contribution in [1.82, 2.24) is 19.7 Å². The Balaban J connectivity index is 1.75. The average Bonchev–Trinajstić information content (AvgIpc) is 3.26. The topological polar surface area (TPSA) is 63.1 Å². The summed E-state index contributed by atoms with van der Waals surface area (Å²) in [6.45, 7) is 4.05. The lowest BCUT2D eigenvalue weighted by atomic mass is 10.1. The van der Waals surface area contributed by atoms with Gasteiger partial charge in [0.15, 0.2) is 0 Å². The summed E-state index contributed by atoms with van der Waals surface area (Å²) in [5, 5.41) is 7.66. The summed E-state index contributed by atoms with van der Waals surface area (Å²) >= 11 is 0. The lowest BCUT2D eigenvalue weighted by Crippen LogP contribution is -2.35. The van der Waals surface area contributed by atoms with Crippen molar-refractivity contribution in [3.05, 3.63) is 41.9 Å². The van der Waals surface area contributed by atoms with Crippen LogP contribution >= 0.6 is 0 Å². The summed E-state index contributed by atoms with van der Waals surface area (Å²) in [5.41, 5.74) is 1.98. The van der Waals surface area contributed by atoms with E-state index in [0.717, 1.165) is 36.3 Å². The molecule has 25 heavy (non-hydrogen) atoms. The van der Waals surface area contributed by atoms with Crippen molar-refractivity contribution in [2.75, 3.05) is 12.4 Å². The van der Waals surface area contributed by atoms with E-state index in [1.807, 2.05) is 43.0 Å². The van der Waals surface area contributed by atoms with E-state index in [1.165, 1.54) is 12.8 Å². The van der Waals surface area contributed by atoms with Crippen LogP contribution < -0.4 is 5.32 Å². The third-order valence-corrected chi connectivity index (χ3v) is 5.01. The van der Waals surface area contributed by atoms with Crippen LogP contribution in [0.1, 0.15) is 62.4 Å². The quantitative estimate of drug-likeness (QED) is 0.881. The Labute approximate surface area is 149 Å². The van der Waals surface area contributed by atoms with Crippen molar-refractivity contribution in [3.63, 3.8) is 0 Å². The van der Waals surface area contributed by atoms with Gasteiger partial charge < -0.3 is 4.90 Å². The van der Waals surface area contributed by atoms with Gasteiger partial charge in [-0.3, -0.25) is 10.3 Å². The third-order valence-electron chi connectivity index (χ3n) is 5.01. The van der Waals surface area contributed by atoms with Crippen molar-refractivity contribution in [3.8, 4) is 0 Å². The molecule has 0 unspecified atom stereocenters. The zero-order valence-corrected chi connectivity index (χ0v) is 15.3. The van der Waals surface area contributed by atoms with Crippen molar-refractivity contribution in [2.45, 2.75) is 58.0 Å². The van der Waals surface area contributed by atoms with Gasteiger partial charge in [-0.05, 0) is 37.8 Å². The number of nitrogens with one attached hydrogen (secondary N) is 1. The Morgan fingerprint density at radius 3 is 2.84 bits per heavy atom. The number of hydrogen-bond acceptors (Lipinski definition) is 3. The van der Waals surface area contributed by atoms with Crippen molar-refractivity contribution < 1.29 is 4.79 Å². The zero-order valence-electron chi connectivity index (χ0n) is 15.3. The first kappa shape index (κ1) is 17.5. The van der Waals surface area contributed by atoms with E-state index in [1.54, 1.807) is 11.1 Å². The first-order valence-corrected chi connectivity index (χ1v) is 9.10. The first-order valence-electron chi connectivity index (χ1n) is 9.10. The predicted octanol–water partition coefficient (Wildman–Crippen LogP) is 4.32. The maximum Gasteiger partial charge on any atom is 0.323 e. The van der Waals surface area contributed by atoms with Crippen molar-refractivity contribution >= 4 is 11.8 Å². The van der Waals surface area contributed by atoms with E-state index in [-0.39, 0.29) is 12.1 Å². The zero-order chi connectivity index (χ0) is 17.8. The van der Waals surface area contributed by atoms with E-state index in [9.17, 15) is 4.79 Å². The second kappa shape index (κ2) is 7.68. The standard InChI is InChI=1S/C19H27N5O/c1-4-17(15-8-7-11-20-13-15)23(3)19(25)21-18-12-14(2)22-24(18)16-9-5-6-10-16/h7-8,11-13,16-17H,4-6,9-10H2,1-3H3,(H,21,25)/t17-/m0/s1. The van der Waals surface area contributed by atoms with Crippen molar-refractivity contribution in [2.24, 2.45) is 0 Å². The maximum atomic E-state index is 12.8. The maximum absolute atomic E-state index is 12.8. The summed E-state index contributed by atoms with van der Waals surface area (Å²) in [6, 6.07) is 6.15. The summed E-state index contributed by atoms with van der Waals surface area (Å²) < 4.78 is 2.00. The van der Waals surface area contributed by atoms with E-state index in [0.29, 0.717) is 6.04 Å². The lowest BCUT2D eigenvalue weighted by Gasteiger charge is -2.28. The molecule has 1 saturated carbocycles. The number of urea groups is 1. The highest BCUT2D eigenvalue weighted by Crippen LogP contribution is 2.32. The molecule has 3 rings (SSSR count). The largest absolute Gasteiger partial charge is 0.323 e. The number of rotatable bonds is 5. The summed E-state index contributed by atoms with van der Waals surface area (Å²) in [6.07, 6.45) is 9.13. The molecule has 2 aromatic rings. The molecular formula is C19H27N5O. The molecule has 1 aliphatic rings. The molecular weight excluding hydrogens is 314 g/mol. The highest BCUT2D eigenvalue weighted by molar-refractivity contribution is 5.88. The number of aromatic nitrogens is 3. The molecule has 6 nitrogen and oxygen atoms in total. The molecule has 1 atom stereocenters. The number of aryl methyl sites for hydroxylation is 1. The minimum atomic E-state index is -0.116. The minimum absolute atomic E-state index is 0.00218. The molecule has 0 aromatic carbocycles. The normalized spacial score (nSPS) is 16.0. The van der Waals surface area contributed by atoms with E-state index < -0.39 is 0 Å². The molecule has 134 valence electrons. The van der Waals surface area contributed by atoms with E-state index in [4.69, 9.17) is 0 Å². The van der Waals surface area contributed by atoms with Crippen LogP contribution in [0, 0.1) is 6.92 Å². The highest BCUT2D eigenvalue weighted by atomic mass is 16.2. The van der Waals surface area contributed by atoms with Crippen LogP contribution in [0.3, 0.4) is 0 Å². The summed E-state index contributed by atoms with van der Waals surface area (Å²) in [5.74, 6) is 0.794. The number of carbonyl (C=O) groups excluding carboxylic acids is 1. The Hall–Kier alpha value is -2.37. The van der Waals surface area contributed by atoms with Crippen LogP contribution in [-0.4, -0.2) is 32.7 Å². The molecule has 1 aliphatic carbocycles. The Kier molecular flexibility index (Phi) is 5.36. The Morgan fingerprint density at radius 2 is 2.20 bits per heavy atom. The molecule has 0 saturated heterocycles. The van der Waals surface area contributed by atoms with Crippen LogP contribution in [0.4, 0.5) is 10.6 Å². The fraction of sp³-hybridized carbons (Fsp3) is 0.526. The molecule has 1 fully saturated rings. The summed E-state index contributed by atoms with van der Waals surface area (Å²) in [7, 11) is 1.83. The molecule has 0 spiro atoms. The third kappa shape index (κ3) is 3.83. The van der Waals surface area contributed by atoms with Crippen LogP contribution in [-0.2, 0) is 0 Å². The minimum Gasteiger partial charge on any atom is -0.320 e. The van der Waals surface area contributed by atoms with Gasteiger partial charge in [-0.15, -0.1) is 0 Å². The van der Waals surface area contributed by atoms with Gasteiger partial charge >= 0.3 is 6.03 Å². The van der Waals surface area contributed by atoms with Crippen LogP contribution in [0.5, 0.6) is 0 Å². The van der Waals surface area contributed by atoms with Gasteiger partial charge in [0.1, 0.15) is 5.82 Å². The average molecular weight is 341 g/mol. The fourth-order valence-electron chi connectivity index (χ4n) is 3.68. The van der Waals surface area contributed by atoms with Crippen LogP contribution in [0.25, 0.3) is 0 Å². The number of amides is 2.